The molecule has 1 N–H and O–H groups in total. The van der Waals surface area contributed by atoms with Crippen LogP contribution in [0.4, 0.5) is 8.78 Å². The minimum Gasteiger partial charge on any atom is -0.444 e. The molecule has 0 saturated heterocycles. The van der Waals surface area contributed by atoms with Crippen molar-refractivity contribution in [3.8, 4) is 0 Å². The summed E-state index contributed by atoms with van der Waals surface area (Å²) in [4.78, 5) is 4.10. The van der Waals surface area contributed by atoms with Gasteiger partial charge in [0, 0.05) is 18.8 Å². The summed E-state index contributed by atoms with van der Waals surface area (Å²) in [6, 6.07) is 0. The van der Waals surface area contributed by atoms with Crippen LogP contribution < -0.4 is 5.32 Å². The third-order valence-corrected chi connectivity index (χ3v) is 3.02. The first kappa shape index (κ1) is 11.5. The van der Waals surface area contributed by atoms with Crippen LogP contribution in [0.3, 0.4) is 0 Å². The highest BCUT2D eigenvalue weighted by atomic mass is 19.3. The van der Waals surface area contributed by atoms with Crippen LogP contribution in [0.15, 0.2) is 10.6 Å². The van der Waals surface area contributed by atoms with Gasteiger partial charge in [-0.2, -0.15) is 0 Å². The van der Waals surface area contributed by atoms with Crippen LogP contribution in [0.5, 0.6) is 0 Å². The quantitative estimate of drug-likeness (QED) is 0.867. The molecule has 0 bridgehead atoms. The Hall–Kier alpha value is -0.970. The van der Waals surface area contributed by atoms with E-state index in [2.05, 4.69) is 10.3 Å². The summed E-state index contributed by atoms with van der Waals surface area (Å²) in [5, 5.41) is 2.94. The number of halogens is 2. The lowest BCUT2D eigenvalue weighted by atomic mass is 9.85. The third-order valence-electron chi connectivity index (χ3n) is 3.02. The molecule has 0 aromatic carbocycles. The van der Waals surface area contributed by atoms with Crippen molar-refractivity contribution in [3.05, 3.63) is 17.8 Å². The first-order chi connectivity index (χ1) is 7.61. The molecule has 1 heterocycles. The summed E-state index contributed by atoms with van der Waals surface area (Å²) in [5.41, 5.74) is 0. The van der Waals surface area contributed by atoms with Crippen LogP contribution in [-0.2, 0) is 6.54 Å². The zero-order valence-corrected chi connectivity index (χ0v) is 9.30. The van der Waals surface area contributed by atoms with Crippen molar-refractivity contribution in [2.24, 2.45) is 0 Å². The van der Waals surface area contributed by atoms with Crippen LogP contribution >= 0.6 is 0 Å². The van der Waals surface area contributed by atoms with E-state index in [1.54, 1.807) is 6.20 Å². The summed E-state index contributed by atoms with van der Waals surface area (Å²) in [7, 11) is 1.81. The van der Waals surface area contributed by atoms with Gasteiger partial charge in [-0.1, -0.05) is 0 Å². The maximum Gasteiger partial charge on any atom is 0.248 e. The molecule has 0 radical (unpaired) electrons. The van der Waals surface area contributed by atoms with Gasteiger partial charge < -0.3 is 9.73 Å². The molecule has 5 heteroatoms. The molecule has 1 aromatic rings. The van der Waals surface area contributed by atoms with E-state index < -0.39 is 5.92 Å². The minimum absolute atomic E-state index is 0.0419. The normalized spacial score (nSPS) is 21.2. The lowest BCUT2D eigenvalue weighted by molar-refractivity contribution is -0.0395. The van der Waals surface area contributed by atoms with Gasteiger partial charge in [0.1, 0.15) is 5.76 Å². The van der Waals surface area contributed by atoms with Crippen molar-refractivity contribution in [2.75, 3.05) is 7.05 Å². The zero-order chi connectivity index (χ0) is 11.6. The van der Waals surface area contributed by atoms with E-state index in [9.17, 15) is 8.78 Å². The summed E-state index contributed by atoms with van der Waals surface area (Å²) in [6.07, 6.45) is 2.56. The molecule has 0 amide bonds. The van der Waals surface area contributed by atoms with Crippen molar-refractivity contribution in [1.82, 2.24) is 10.3 Å². The fourth-order valence-corrected chi connectivity index (χ4v) is 2.07. The van der Waals surface area contributed by atoms with Gasteiger partial charge in [-0.25, -0.2) is 13.8 Å². The van der Waals surface area contributed by atoms with Gasteiger partial charge in [0.25, 0.3) is 0 Å². The van der Waals surface area contributed by atoms with Gasteiger partial charge >= 0.3 is 0 Å². The Morgan fingerprint density at radius 1 is 1.50 bits per heavy atom. The average molecular weight is 230 g/mol. The Morgan fingerprint density at radius 2 is 2.19 bits per heavy atom. The van der Waals surface area contributed by atoms with E-state index in [4.69, 9.17) is 4.42 Å². The molecule has 1 aliphatic rings. The van der Waals surface area contributed by atoms with Crippen molar-refractivity contribution >= 4 is 0 Å². The summed E-state index contributed by atoms with van der Waals surface area (Å²) in [6.45, 7) is 0.572. The van der Waals surface area contributed by atoms with E-state index >= 15 is 0 Å². The second kappa shape index (κ2) is 4.49. The minimum atomic E-state index is -2.48. The highest BCUT2D eigenvalue weighted by Gasteiger charge is 2.36. The molecule has 0 spiro atoms. The molecule has 90 valence electrons. The number of nitrogens with zero attached hydrogens (tertiary/aromatic N) is 1. The summed E-state index contributed by atoms with van der Waals surface area (Å²) < 4.78 is 31.4. The molecule has 0 aliphatic heterocycles. The van der Waals surface area contributed by atoms with Crippen molar-refractivity contribution in [1.29, 1.82) is 0 Å². The number of hydrogen-bond acceptors (Lipinski definition) is 3. The number of alkyl halides is 2. The van der Waals surface area contributed by atoms with Gasteiger partial charge in [0.05, 0.1) is 12.7 Å². The van der Waals surface area contributed by atoms with Gasteiger partial charge in [-0.15, -0.1) is 0 Å². The number of nitrogens with one attached hydrogen (secondary N) is 1. The molecule has 1 aromatic heterocycles. The molecule has 1 aliphatic carbocycles. The number of aromatic nitrogens is 1. The Labute approximate surface area is 93.2 Å². The number of hydrogen-bond donors (Lipinski definition) is 1. The van der Waals surface area contributed by atoms with Gasteiger partial charge in [-0.3, -0.25) is 0 Å². The van der Waals surface area contributed by atoms with E-state index in [-0.39, 0.29) is 18.8 Å². The zero-order valence-electron chi connectivity index (χ0n) is 9.30. The van der Waals surface area contributed by atoms with Crippen molar-refractivity contribution in [2.45, 2.75) is 44.1 Å². The molecule has 3 nitrogen and oxygen atoms in total. The predicted octanol–water partition coefficient (Wildman–Crippen LogP) is 2.69. The Balaban J connectivity index is 1.97. The van der Waals surface area contributed by atoms with E-state index in [0.29, 0.717) is 25.3 Å². The average Bonchev–Trinajstić information content (AvgIpc) is 2.67. The highest BCUT2D eigenvalue weighted by molar-refractivity contribution is 5.04. The fraction of sp³-hybridized carbons (Fsp3) is 0.727. The van der Waals surface area contributed by atoms with Crippen LogP contribution in [0.1, 0.15) is 43.3 Å². The van der Waals surface area contributed by atoms with Crippen molar-refractivity contribution < 1.29 is 13.2 Å². The maximum atomic E-state index is 13.0. The first-order valence-corrected chi connectivity index (χ1v) is 5.58. The fourth-order valence-electron chi connectivity index (χ4n) is 2.07. The molecule has 16 heavy (non-hydrogen) atoms. The molecule has 0 atom stereocenters. The predicted molar refractivity (Wildman–Crippen MR) is 55.4 cm³/mol. The standard InChI is InChI=1S/C11H16F2N2O/c1-14-7-10-15-6-9(16-10)8-2-4-11(12,13)5-3-8/h6,8,14H,2-5,7H2,1H3. The van der Waals surface area contributed by atoms with E-state index in [1.807, 2.05) is 7.05 Å². The number of rotatable bonds is 3. The second-order valence-corrected chi connectivity index (χ2v) is 4.32. The number of oxazole rings is 1. The lowest BCUT2D eigenvalue weighted by Crippen LogP contribution is -2.23. The lowest BCUT2D eigenvalue weighted by Gasteiger charge is -2.26. The van der Waals surface area contributed by atoms with Crippen LogP contribution in [0.25, 0.3) is 0 Å². The third kappa shape index (κ3) is 2.58. The van der Waals surface area contributed by atoms with Crippen LogP contribution in [0.2, 0.25) is 0 Å². The SMILES string of the molecule is CNCc1ncc(C2CCC(F)(F)CC2)o1. The van der Waals surface area contributed by atoms with Crippen molar-refractivity contribution in [3.63, 3.8) is 0 Å². The van der Waals surface area contributed by atoms with Crippen LogP contribution in [-0.4, -0.2) is 18.0 Å². The largest absolute Gasteiger partial charge is 0.444 e. The summed E-state index contributed by atoms with van der Waals surface area (Å²) >= 11 is 0. The Bertz CT molecular complexity index is 342. The molecular weight excluding hydrogens is 214 g/mol. The monoisotopic (exact) mass is 230 g/mol. The molecule has 1 fully saturated rings. The molecule has 1 saturated carbocycles. The van der Waals surface area contributed by atoms with Gasteiger partial charge in [0.2, 0.25) is 11.8 Å². The molecular formula is C11H16F2N2O. The second-order valence-electron chi connectivity index (χ2n) is 4.32. The highest BCUT2D eigenvalue weighted by Crippen LogP contribution is 2.40. The van der Waals surface area contributed by atoms with Gasteiger partial charge in [-0.05, 0) is 19.9 Å². The Kier molecular flexibility index (Phi) is 3.23. The molecule has 0 unspecified atom stereocenters. The van der Waals surface area contributed by atoms with E-state index in [0.717, 1.165) is 5.76 Å². The Morgan fingerprint density at radius 3 is 2.81 bits per heavy atom. The van der Waals surface area contributed by atoms with E-state index in [1.165, 1.54) is 0 Å². The smallest absolute Gasteiger partial charge is 0.248 e. The topological polar surface area (TPSA) is 38.1 Å². The summed E-state index contributed by atoms with van der Waals surface area (Å²) in [5.74, 6) is -1.00. The maximum absolute atomic E-state index is 13.0. The first-order valence-electron chi connectivity index (χ1n) is 5.58. The van der Waals surface area contributed by atoms with Crippen LogP contribution in [0, 0.1) is 0 Å². The molecule has 2 rings (SSSR count). The van der Waals surface area contributed by atoms with Gasteiger partial charge in [0.15, 0.2) is 0 Å².